The van der Waals surface area contributed by atoms with Crippen LogP contribution in [0, 0.1) is 6.92 Å². The summed E-state index contributed by atoms with van der Waals surface area (Å²) in [5.74, 6) is 2.09. The summed E-state index contributed by atoms with van der Waals surface area (Å²) in [6.07, 6.45) is 3.74. The molecule has 0 saturated carbocycles. The molecule has 2 aliphatic rings. The molecule has 0 radical (unpaired) electrons. The molecule has 1 atom stereocenters. The van der Waals surface area contributed by atoms with Crippen LogP contribution in [0.3, 0.4) is 0 Å². The van der Waals surface area contributed by atoms with Crippen molar-refractivity contribution in [1.29, 1.82) is 0 Å². The van der Waals surface area contributed by atoms with Crippen molar-refractivity contribution in [2.45, 2.75) is 25.7 Å². The lowest BCUT2D eigenvalue weighted by atomic mass is 9.96. The normalized spacial score (nSPS) is 19.8. The number of halogens is 1. The van der Waals surface area contributed by atoms with Crippen LogP contribution in [0.2, 0.25) is 5.02 Å². The summed E-state index contributed by atoms with van der Waals surface area (Å²) in [5, 5.41) is 4.63. The van der Waals surface area contributed by atoms with E-state index in [0.29, 0.717) is 28.9 Å². The Hall–Kier alpha value is -2.34. The van der Waals surface area contributed by atoms with Gasteiger partial charge >= 0.3 is 0 Å². The van der Waals surface area contributed by atoms with Gasteiger partial charge < -0.3 is 14.2 Å². The number of aryl methyl sites for hydroxylation is 1. The molecular weight excluding hydrogens is 342 g/mol. The average Bonchev–Trinajstić information content (AvgIpc) is 3.07. The molecule has 0 bridgehead atoms. The molecular formula is C18H18ClN3O3. The van der Waals surface area contributed by atoms with E-state index in [-0.39, 0.29) is 18.4 Å². The lowest BCUT2D eigenvalue weighted by Gasteiger charge is -2.32. The van der Waals surface area contributed by atoms with Gasteiger partial charge in [-0.1, -0.05) is 16.8 Å². The van der Waals surface area contributed by atoms with Gasteiger partial charge in [-0.15, -0.1) is 0 Å². The number of amides is 1. The Kier molecular flexibility index (Phi) is 4.21. The van der Waals surface area contributed by atoms with Crippen LogP contribution in [-0.2, 0) is 4.79 Å². The number of ether oxygens (including phenoxy) is 1. The Morgan fingerprint density at radius 2 is 2.28 bits per heavy atom. The lowest BCUT2D eigenvalue weighted by Crippen LogP contribution is -2.41. The third-order valence-electron chi connectivity index (χ3n) is 4.58. The second-order valence-corrected chi connectivity index (χ2v) is 6.84. The van der Waals surface area contributed by atoms with Crippen molar-refractivity contribution in [1.82, 2.24) is 15.0 Å². The van der Waals surface area contributed by atoms with Crippen LogP contribution < -0.4 is 4.74 Å². The molecule has 25 heavy (non-hydrogen) atoms. The van der Waals surface area contributed by atoms with Crippen LogP contribution in [0.4, 0.5) is 0 Å². The van der Waals surface area contributed by atoms with Gasteiger partial charge in [0.2, 0.25) is 5.89 Å². The Morgan fingerprint density at radius 1 is 1.40 bits per heavy atom. The van der Waals surface area contributed by atoms with E-state index in [4.69, 9.17) is 20.9 Å². The quantitative estimate of drug-likeness (QED) is 0.823. The zero-order valence-corrected chi connectivity index (χ0v) is 14.6. The number of carbonyl (C=O) groups excluding carboxylic acids is 1. The molecule has 1 amide bonds. The van der Waals surface area contributed by atoms with E-state index in [9.17, 15) is 4.79 Å². The number of hydrogen-bond acceptors (Lipinski definition) is 5. The van der Waals surface area contributed by atoms with Crippen LogP contribution in [0.5, 0.6) is 5.75 Å². The number of hydrogen-bond donors (Lipinski definition) is 0. The maximum Gasteiger partial charge on any atom is 0.253 e. The van der Waals surface area contributed by atoms with E-state index >= 15 is 0 Å². The fourth-order valence-electron chi connectivity index (χ4n) is 3.33. The van der Waals surface area contributed by atoms with Crippen LogP contribution >= 0.6 is 11.6 Å². The zero-order chi connectivity index (χ0) is 17.4. The minimum absolute atomic E-state index is 0.00413. The average molecular weight is 360 g/mol. The number of piperidine rings is 1. The Bertz CT molecular complexity index is 846. The first-order chi connectivity index (χ1) is 12.1. The van der Waals surface area contributed by atoms with Crippen molar-refractivity contribution in [3.05, 3.63) is 46.1 Å². The first-order valence-electron chi connectivity index (χ1n) is 8.32. The van der Waals surface area contributed by atoms with E-state index in [0.717, 1.165) is 30.7 Å². The molecule has 1 saturated heterocycles. The van der Waals surface area contributed by atoms with E-state index < -0.39 is 0 Å². The monoisotopic (exact) mass is 359 g/mol. The zero-order valence-electron chi connectivity index (χ0n) is 13.9. The number of nitrogens with zero attached hydrogens (tertiary/aromatic N) is 3. The number of likely N-dealkylation sites (tertiary alicyclic amines) is 1. The molecule has 1 aromatic heterocycles. The van der Waals surface area contributed by atoms with Gasteiger partial charge in [0.25, 0.3) is 5.91 Å². The smallest absolute Gasteiger partial charge is 0.253 e. The van der Waals surface area contributed by atoms with Crippen molar-refractivity contribution in [3.63, 3.8) is 0 Å². The summed E-state index contributed by atoms with van der Waals surface area (Å²) in [5.41, 5.74) is 1.48. The fourth-order valence-corrected chi connectivity index (χ4v) is 3.51. The summed E-state index contributed by atoms with van der Waals surface area (Å²) in [6.45, 7) is 3.37. The molecule has 3 heterocycles. The number of benzene rings is 1. The number of rotatable bonds is 2. The van der Waals surface area contributed by atoms with Crippen molar-refractivity contribution in [2.24, 2.45) is 0 Å². The van der Waals surface area contributed by atoms with E-state index in [1.165, 1.54) is 0 Å². The van der Waals surface area contributed by atoms with E-state index in [2.05, 4.69) is 10.1 Å². The summed E-state index contributed by atoms with van der Waals surface area (Å²) in [6, 6.07) is 5.42. The molecule has 1 fully saturated rings. The molecule has 4 rings (SSSR count). The Morgan fingerprint density at radius 3 is 3.08 bits per heavy atom. The highest BCUT2D eigenvalue weighted by molar-refractivity contribution is 6.30. The molecule has 0 spiro atoms. The number of aromatic nitrogens is 2. The van der Waals surface area contributed by atoms with Crippen LogP contribution in [-0.4, -0.2) is 40.6 Å². The maximum atomic E-state index is 12.9. The van der Waals surface area contributed by atoms with Crippen LogP contribution in [0.15, 0.2) is 28.3 Å². The predicted octanol–water partition coefficient (Wildman–Crippen LogP) is 3.21. The second-order valence-electron chi connectivity index (χ2n) is 6.40. The molecule has 2 aromatic rings. The fraction of sp³-hybridized carbons (Fsp3) is 0.389. The molecule has 2 aliphatic heterocycles. The van der Waals surface area contributed by atoms with Gasteiger partial charge in [0.15, 0.2) is 5.82 Å². The minimum atomic E-state index is -0.00413. The third kappa shape index (κ3) is 3.26. The standard InChI is InChI=1S/C18H18ClN3O3/c1-11-20-17(21-25-11)12-3-2-6-22(9-12)18(23)14-7-13-8-15(19)4-5-16(13)24-10-14/h4-5,7-8,12H,2-3,6,9-10H2,1H3/t12-/m1/s1. The van der Waals surface area contributed by atoms with Gasteiger partial charge in [0, 0.05) is 36.5 Å². The van der Waals surface area contributed by atoms with Crippen LogP contribution in [0.25, 0.3) is 6.08 Å². The van der Waals surface area contributed by atoms with E-state index in [1.807, 2.05) is 23.1 Å². The van der Waals surface area contributed by atoms with Crippen molar-refractivity contribution in [2.75, 3.05) is 19.7 Å². The lowest BCUT2D eigenvalue weighted by molar-refractivity contribution is -0.128. The molecule has 130 valence electrons. The van der Waals surface area contributed by atoms with Crippen molar-refractivity contribution >= 4 is 23.6 Å². The van der Waals surface area contributed by atoms with Gasteiger partial charge in [0.1, 0.15) is 12.4 Å². The number of fused-ring (bicyclic) bond motifs is 1. The first kappa shape index (κ1) is 16.1. The number of carbonyl (C=O) groups is 1. The SMILES string of the molecule is Cc1nc([C@@H]2CCCN(C(=O)C3=Cc4cc(Cl)ccc4OC3)C2)no1. The first-order valence-corrected chi connectivity index (χ1v) is 8.70. The molecule has 0 aliphatic carbocycles. The summed E-state index contributed by atoms with van der Waals surface area (Å²) >= 11 is 6.04. The van der Waals surface area contributed by atoms with Crippen LogP contribution in [0.1, 0.15) is 36.0 Å². The molecule has 6 nitrogen and oxygen atoms in total. The third-order valence-corrected chi connectivity index (χ3v) is 4.81. The molecule has 0 unspecified atom stereocenters. The van der Waals surface area contributed by atoms with Crippen molar-refractivity contribution in [3.8, 4) is 5.75 Å². The van der Waals surface area contributed by atoms with Gasteiger partial charge in [-0.2, -0.15) is 4.98 Å². The minimum Gasteiger partial charge on any atom is -0.488 e. The maximum absolute atomic E-state index is 12.9. The topological polar surface area (TPSA) is 68.5 Å². The van der Waals surface area contributed by atoms with Gasteiger partial charge in [-0.25, -0.2) is 0 Å². The second kappa shape index (κ2) is 6.52. The molecule has 0 N–H and O–H groups in total. The molecule has 7 heteroatoms. The predicted molar refractivity (Wildman–Crippen MR) is 92.5 cm³/mol. The summed E-state index contributed by atoms with van der Waals surface area (Å²) in [4.78, 5) is 19.1. The highest BCUT2D eigenvalue weighted by Crippen LogP contribution is 2.31. The Labute approximate surface area is 150 Å². The highest BCUT2D eigenvalue weighted by Gasteiger charge is 2.30. The van der Waals surface area contributed by atoms with Gasteiger partial charge in [-0.3, -0.25) is 4.79 Å². The highest BCUT2D eigenvalue weighted by atomic mass is 35.5. The van der Waals surface area contributed by atoms with Gasteiger partial charge in [-0.05, 0) is 37.1 Å². The van der Waals surface area contributed by atoms with Crippen molar-refractivity contribution < 1.29 is 14.1 Å². The largest absolute Gasteiger partial charge is 0.488 e. The van der Waals surface area contributed by atoms with Gasteiger partial charge in [0.05, 0.1) is 5.57 Å². The summed E-state index contributed by atoms with van der Waals surface area (Å²) in [7, 11) is 0. The molecule has 1 aromatic carbocycles. The summed E-state index contributed by atoms with van der Waals surface area (Å²) < 4.78 is 10.8. The Balaban J connectivity index is 1.52. The van der Waals surface area contributed by atoms with E-state index in [1.54, 1.807) is 13.0 Å².